The molecule has 26 heavy (non-hydrogen) atoms. The van der Waals surface area contributed by atoms with Crippen LogP contribution in [0.1, 0.15) is 16.2 Å². The molecule has 1 aliphatic heterocycles. The summed E-state index contributed by atoms with van der Waals surface area (Å²) >= 11 is 1.70. The Hall–Kier alpha value is -1.74. The van der Waals surface area contributed by atoms with Crippen molar-refractivity contribution in [3.05, 3.63) is 56.7 Å². The molecule has 3 heterocycles. The van der Waals surface area contributed by atoms with Gasteiger partial charge in [-0.2, -0.15) is 5.10 Å². The summed E-state index contributed by atoms with van der Waals surface area (Å²) in [5, 5.41) is 4.04. The van der Waals surface area contributed by atoms with Crippen molar-refractivity contribution in [3.63, 3.8) is 0 Å². The van der Waals surface area contributed by atoms with E-state index in [0.717, 1.165) is 24.4 Å². The van der Waals surface area contributed by atoms with E-state index in [-0.39, 0.29) is 31.2 Å². The SMILES string of the molecule is CN1CC=C(c2ccc(Cn3cnn(C/C(=C/F)CN)c3=O)s2)CC1.Cl. The zero-order valence-corrected chi connectivity index (χ0v) is 16.2. The highest BCUT2D eigenvalue weighted by atomic mass is 35.5. The van der Waals surface area contributed by atoms with Crippen LogP contribution in [0.2, 0.25) is 0 Å². The second-order valence-corrected chi connectivity index (χ2v) is 7.35. The number of aromatic nitrogens is 3. The maximum Gasteiger partial charge on any atom is 0.346 e. The summed E-state index contributed by atoms with van der Waals surface area (Å²) in [7, 11) is 2.12. The molecule has 9 heteroatoms. The first-order valence-corrected chi connectivity index (χ1v) is 8.99. The highest BCUT2D eigenvalue weighted by Gasteiger charge is 2.13. The minimum Gasteiger partial charge on any atom is -0.327 e. The normalized spacial score (nSPS) is 15.7. The van der Waals surface area contributed by atoms with Crippen molar-refractivity contribution in [2.75, 3.05) is 26.7 Å². The van der Waals surface area contributed by atoms with Crippen LogP contribution in [-0.4, -0.2) is 45.9 Å². The Bertz CT molecular complexity index is 853. The van der Waals surface area contributed by atoms with Gasteiger partial charge in [-0.25, -0.2) is 13.9 Å². The third-order valence-corrected chi connectivity index (χ3v) is 5.43. The molecule has 0 fully saturated rings. The van der Waals surface area contributed by atoms with Crippen molar-refractivity contribution >= 4 is 29.3 Å². The highest BCUT2D eigenvalue weighted by molar-refractivity contribution is 7.13. The van der Waals surface area contributed by atoms with Crippen LogP contribution < -0.4 is 11.4 Å². The topological polar surface area (TPSA) is 69.1 Å². The van der Waals surface area contributed by atoms with E-state index in [1.807, 2.05) is 0 Å². The van der Waals surface area contributed by atoms with Gasteiger partial charge >= 0.3 is 5.69 Å². The fraction of sp³-hybridized carbons (Fsp3) is 0.412. The van der Waals surface area contributed by atoms with E-state index >= 15 is 0 Å². The van der Waals surface area contributed by atoms with Crippen molar-refractivity contribution < 1.29 is 4.39 Å². The van der Waals surface area contributed by atoms with Gasteiger partial charge in [0.25, 0.3) is 0 Å². The molecule has 2 N–H and O–H groups in total. The number of hydrogen-bond acceptors (Lipinski definition) is 5. The van der Waals surface area contributed by atoms with Crippen molar-refractivity contribution in [2.45, 2.75) is 19.5 Å². The third-order valence-electron chi connectivity index (χ3n) is 4.28. The summed E-state index contributed by atoms with van der Waals surface area (Å²) in [4.78, 5) is 17.0. The Morgan fingerprint density at radius 2 is 2.27 bits per heavy atom. The van der Waals surface area contributed by atoms with E-state index in [9.17, 15) is 9.18 Å². The first kappa shape index (κ1) is 20.6. The Balaban J connectivity index is 0.00000243. The van der Waals surface area contributed by atoms with Crippen LogP contribution >= 0.6 is 23.7 Å². The molecule has 0 aromatic carbocycles. The maximum atomic E-state index is 12.6. The van der Waals surface area contributed by atoms with Gasteiger partial charge < -0.3 is 10.6 Å². The van der Waals surface area contributed by atoms with Crippen molar-refractivity contribution in [1.29, 1.82) is 0 Å². The molecular formula is C17H23ClFN5OS. The molecule has 0 saturated heterocycles. The molecule has 0 amide bonds. The minimum absolute atomic E-state index is 0. The molecule has 2 aromatic rings. The van der Waals surface area contributed by atoms with Crippen molar-refractivity contribution in [3.8, 4) is 0 Å². The maximum absolute atomic E-state index is 12.6. The average Bonchev–Trinajstić information content (AvgIpc) is 3.22. The van der Waals surface area contributed by atoms with Gasteiger partial charge in [-0.3, -0.25) is 4.57 Å². The van der Waals surface area contributed by atoms with Gasteiger partial charge in [0.05, 0.1) is 19.4 Å². The van der Waals surface area contributed by atoms with E-state index in [2.05, 4.69) is 35.3 Å². The minimum atomic E-state index is -0.263. The number of likely N-dealkylation sites (N-methyl/N-ethyl adjacent to an activating group) is 1. The van der Waals surface area contributed by atoms with Gasteiger partial charge in [-0.15, -0.1) is 23.7 Å². The summed E-state index contributed by atoms with van der Waals surface area (Å²) in [6.07, 6.45) is 5.24. The number of nitrogens with zero attached hydrogens (tertiary/aromatic N) is 4. The molecule has 1 aliphatic rings. The molecule has 0 aliphatic carbocycles. The predicted octanol–water partition coefficient (Wildman–Crippen LogP) is 2.11. The quantitative estimate of drug-likeness (QED) is 0.807. The van der Waals surface area contributed by atoms with Crippen LogP contribution in [0.25, 0.3) is 5.57 Å². The van der Waals surface area contributed by atoms with Gasteiger partial charge in [0.15, 0.2) is 0 Å². The number of halogens is 2. The molecule has 0 saturated carbocycles. The fourth-order valence-electron chi connectivity index (χ4n) is 2.72. The molecule has 0 radical (unpaired) electrons. The van der Waals surface area contributed by atoms with Gasteiger partial charge in [0.1, 0.15) is 6.33 Å². The number of thiophene rings is 1. The lowest BCUT2D eigenvalue weighted by molar-refractivity contribution is 0.370. The van der Waals surface area contributed by atoms with Crippen LogP contribution in [0.3, 0.4) is 0 Å². The largest absolute Gasteiger partial charge is 0.346 e. The summed E-state index contributed by atoms with van der Waals surface area (Å²) in [5.41, 5.74) is 6.87. The fourth-order valence-corrected chi connectivity index (χ4v) is 3.80. The van der Waals surface area contributed by atoms with E-state index < -0.39 is 0 Å². The second kappa shape index (κ2) is 9.27. The molecule has 6 nitrogen and oxygen atoms in total. The first-order chi connectivity index (χ1) is 12.1. The average molecular weight is 400 g/mol. The summed E-state index contributed by atoms with van der Waals surface area (Å²) < 4.78 is 15.4. The molecule has 0 spiro atoms. The third kappa shape index (κ3) is 4.70. The molecule has 3 rings (SSSR count). The van der Waals surface area contributed by atoms with Gasteiger partial charge in [-0.05, 0) is 36.7 Å². The lowest BCUT2D eigenvalue weighted by atomic mass is 10.1. The Morgan fingerprint density at radius 1 is 1.46 bits per heavy atom. The Morgan fingerprint density at radius 3 is 2.92 bits per heavy atom. The van der Waals surface area contributed by atoms with Crippen LogP contribution in [0.5, 0.6) is 0 Å². The van der Waals surface area contributed by atoms with Crippen molar-refractivity contribution in [2.24, 2.45) is 5.73 Å². The standard InChI is InChI=1S/C17H22FN5OS.ClH/c1-21-6-4-14(5-7-21)16-3-2-15(25-16)11-22-12-20-23(17(22)24)10-13(8-18)9-19;/h2-4,8,12H,5-7,9-11,19H2,1H3;1H/b13-8+;. The highest BCUT2D eigenvalue weighted by Crippen LogP contribution is 2.28. The molecule has 0 atom stereocenters. The lowest BCUT2D eigenvalue weighted by Gasteiger charge is -2.21. The molecular weight excluding hydrogens is 377 g/mol. The second-order valence-electron chi connectivity index (χ2n) is 6.18. The predicted molar refractivity (Wildman–Crippen MR) is 105 cm³/mol. The van der Waals surface area contributed by atoms with Crippen LogP contribution in [0, 0.1) is 0 Å². The van der Waals surface area contributed by atoms with E-state index in [1.54, 1.807) is 11.3 Å². The summed E-state index contributed by atoms with van der Waals surface area (Å²) in [6.45, 7) is 2.65. The number of rotatable bonds is 6. The van der Waals surface area contributed by atoms with Crippen LogP contribution in [0.15, 0.2) is 41.2 Å². The monoisotopic (exact) mass is 399 g/mol. The summed E-state index contributed by atoms with van der Waals surface area (Å²) in [5.74, 6) is 0. The van der Waals surface area contributed by atoms with Crippen LogP contribution in [0.4, 0.5) is 4.39 Å². The van der Waals surface area contributed by atoms with Crippen molar-refractivity contribution in [1.82, 2.24) is 19.2 Å². The smallest absolute Gasteiger partial charge is 0.327 e. The molecule has 0 unspecified atom stereocenters. The van der Waals surface area contributed by atoms with E-state index in [4.69, 9.17) is 5.73 Å². The lowest BCUT2D eigenvalue weighted by Crippen LogP contribution is -2.26. The number of nitrogens with two attached hydrogens (primary N) is 1. The van der Waals surface area contributed by atoms with Crippen LogP contribution in [-0.2, 0) is 13.1 Å². The zero-order valence-electron chi connectivity index (χ0n) is 14.6. The number of hydrogen-bond donors (Lipinski definition) is 1. The van der Waals surface area contributed by atoms with Gasteiger partial charge in [0.2, 0.25) is 0 Å². The van der Waals surface area contributed by atoms with E-state index in [1.165, 1.54) is 26.0 Å². The van der Waals surface area contributed by atoms with Gasteiger partial charge in [-0.1, -0.05) is 6.08 Å². The van der Waals surface area contributed by atoms with Gasteiger partial charge in [0, 0.05) is 29.4 Å². The molecule has 0 bridgehead atoms. The Labute approximate surface area is 161 Å². The van der Waals surface area contributed by atoms with E-state index in [0.29, 0.717) is 18.4 Å². The zero-order chi connectivity index (χ0) is 17.8. The first-order valence-electron chi connectivity index (χ1n) is 8.18. The summed E-state index contributed by atoms with van der Waals surface area (Å²) in [6, 6.07) is 4.17. The molecule has 2 aromatic heterocycles. The molecule has 142 valence electrons. The Kier molecular flexibility index (Phi) is 7.33.